The summed E-state index contributed by atoms with van der Waals surface area (Å²) in [6, 6.07) is 0. The lowest BCUT2D eigenvalue weighted by atomic mass is 10.1. The second-order valence-corrected chi connectivity index (χ2v) is 5.06. The molecule has 0 aliphatic carbocycles. The number of carbonyl (C=O) groups excluding carboxylic acids is 2. The molecule has 0 aromatic rings. The summed E-state index contributed by atoms with van der Waals surface area (Å²) in [7, 11) is 0. The Morgan fingerprint density at radius 1 is 1.25 bits per heavy atom. The fourth-order valence-electron chi connectivity index (χ4n) is 2.05. The van der Waals surface area contributed by atoms with Crippen LogP contribution in [0.4, 0.5) is 0 Å². The molecule has 2 amide bonds. The second kappa shape index (κ2) is 7.05. The summed E-state index contributed by atoms with van der Waals surface area (Å²) in [4.78, 5) is 25.0. The highest BCUT2D eigenvalue weighted by atomic mass is 79.9. The molecule has 0 radical (unpaired) electrons. The van der Waals surface area contributed by atoms with Crippen LogP contribution in [0.15, 0.2) is 0 Å². The van der Waals surface area contributed by atoms with Crippen molar-refractivity contribution < 1.29 is 9.59 Å². The van der Waals surface area contributed by atoms with Gasteiger partial charge in [0.05, 0.1) is 0 Å². The van der Waals surface area contributed by atoms with Gasteiger partial charge in [-0.05, 0) is 25.2 Å². The van der Waals surface area contributed by atoms with E-state index in [1.54, 1.807) is 0 Å². The molecule has 0 bridgehead atoms. The lowest BCUT2D eigenvalue weighted by molar-refractivity contribution is -0.144. The summed E-state index contributed by atoms with van der Waals surface area (Å²) in [5.74, 6) is 0.435. The number of alkyl halides is 1. The van der Waals surface area contributed by atoms with E-state index in [0.717, 1.165) is 31.0 Å². The number of carbonyl (C=O) groups is 2. The van der Waals surface area contributed by atoms with Crippen LogP contribution < -0.4 is 0 Å². The molecular formula is C12H20BrNO2. The minimum Gasteiger partial charge on any atom is -0.282 e. The third-order valence-electron chi connectivity index (χ3n) is 2.99. The van der Waals surface area contributed by atoms with Crippen LogP contribution in [0.25, 0.3) is 0 Å². The van der Waals surface area contributed by atoms with Crippen LogP contribution >= 0.6 is 15.9 Å². The zero-order chi connectivity index (χ0) is 12.0. The molecule has 1 aliphatic heterocycles. The first-order chi connectivity index (χ1) is 7.69. The molecule has 92 valence electrons. The van der Waals surface area contributed by atoms with Crippen LogP contribution in [-0.4, -0.2) is 28.6 Å². The first-order valence-electron chi connectivity index (χ1n) is 6.08. The molecule has 0 saturated carbocycles. The van der Waals surface area contributed by atoms with E-state index in [4.69, 9.17) is 0 Å². The highest BCUT2D eigenvalue weighted by Crippen LogP contribution is 2.17. The minimum atomic E-state index is 0.0181. The summed E-state index contributed by atoms with van der Waals surface area (Å²) < 4.78 is 0. The maximum absolute atomic E-state index is 11.8. The van der Waals surface area contributed by atoms with Gasteiger partial charge in [-0.15, -0.1) is 0 Å². The molecule has 0 aromatic heterocycles. The van der Waals surface area contributed by atoms with Crippen molar-refractivity contribution in [2.75, 3.05) is 11.9 Å². The fraction of sp³-hybridized carbons (Fsp3) is 0.833. The predicted octanol–water partition coefficient (Wildman–Crippen LogP) is 2.73. The van der Waals surface area contributed by atoms with Gasteiger partial charge in [-0.3, -0.25) is 14.5 Å². The van der Waals surface area contributed by atoms with Crippen molar-refractivity contribution in [3.8, 4) is 0 Å². The SMILES string of the molecule is CCCC(CBr)CN1C(=O)CCCCC1=O. The van der Waals surface area contributed by atoms with Gasteiger partial charge >= 0.3 is 0 Å². The molecule has 1 aliphatic rings. The standard InChI is InChI=1S/C12H20BrNO2/c1-2-5-10(8-13)9-14-11(15)6-3-4-7-12(14)16/h10H,2-9H2,1H3. The van der Waals surface area contributed by atoms with Gasteiger partial charge in [-0.2, -0.15) is 0 Å². The van der Waals surface area contributed by atoms with Gasteiger partial charge < -0.3 is 0 Å². The number of halogens is 1. The Kier molecular flexibility index (Phi) is 6.03. The number of nitrogens with zero attached hydrogens (tertiary/aromatic N) is 1. The maximum atomic E-state index is 11.8. The van der Waals surface area contributed by atoms with E-state index >= 15 is 0 Å². The molecule has 1 atom stereocenters. The smallest absolute Gasteiger partial charge is 0.229 e. The summed E-state index contributed by atoms with van der Waals surface area (Å²) >= 11 is 3.45. The summed E-state index contributed by atoms with van der Waals surface area (Å²) in [5, 5.41) is 0.859. The summed E-state index contributed by atoms with van der Waals surface area (Å²) in [6.45, 7) is 2.72. The van der Waals surface area contributed by atoms with Gasteiger partial charge in [0, 0.05) is 24.7 Å². The van der Waals surface area contributed by atoms with Crippen molar-refractivity contribution in [2.24, 2.45) is 5.92 Å². The maximum Gasteiger partial charge on any atom is 0.229 e. The van der Waals surface area contributed by atoms with E-state index in [-0.39, 0.29) is 11.8 Å². The number of hydrogen-bond donors (Lipinski definition) is 0. The Morgan fingerprint density at radius 3 is 2.25 bits per heavy atom. The van der Waals surface area contributed by atoms with E-state index in [2.05, 4.69) is 22.9 Å². The molecule has 0 aromatic carbocycles. The van der Waals surface area contributed by atoms with Crippen LogP contribution in [-0.2, 0) is 9.59 Å². The van der Waals surface area contributed by atoms with E-state index in [9.17, 15) is 9.59 Å². The van der Waals surface area contributed by atoms with E-state index in [1.807, 2.05) is 0 Å². The Morgan fingerprint density at radius 2 is 1.81 bits per heavy atom. The molecule has 16 heavy (non-hydrogen) atoms. The molecule has 1 heterocycles. The van der Waals surface area contributed by atoms with Crippen molar-refractivity contribution in [3.63, 3.8) is 0 Å². The van der Waals surface area contributed by atoms with Crippen LogP contribution in [0.1, 0.15) is 45.4 Å². The molecule has 0 N–H and O–H groups in total. The van der Waals surface area contributed by atoms with Gasteiger partial charge in [0.15, 0.2) is 0 Å². The van der Waals surface area contributed by atoms with Crippen molar-refractivity contribution in [1.82, 2.24) is 4.90 Å². The van der Waals surface area contributed by atoms with Crippen LogP contribution in [0.2, 0.25) is 0 Å². The van der Waals surface area contributed by atoms with Gasteiger partial charge in [0.2, 0.25) is 11.8 Å². The molecule has 1 saturated heterocycles. The zero-order valence-electron chi connectivity index (χ0n) is 9.88. The fourth-order valence-corrected chi connectivity index (χ4v) is 2.58. The van der Waals surface area contributed by atoms with Crippen molar-refractivity contribution >= 4 is 27.7 Å². The average Bonchev–Trinajstić information content (AvgIpc) is 2.42. The Labute approximate surface area is 106 Å². The molecule has 1 fully saturated rings. The topological polar surface area (TPSA) is 37.4 Å². The molecule has 3 nitrogen and oxygen atoms in total. The van der Waals surface area contributed by atoms with Crippen LogP contribution in [0, 0.1) is 5.92 Å². The predicted molar refractivity (Wildman–Crippen MR) is 67.4 cm³/mol. The normalized spacial score (nSPS) is 19.8. The Hall–Kier alpha value is -0.380. The molecule has 1 unspecified atom stereocenters. The summed E-state index contributed by atoms with van der Waals surface area (Å²) in [5.41, 5.74) is 0. The number of likely N-dealkylation sites (tertiary alicyclic amines) is 1. The number of amides is 2. The number of hydrogen-bond acceptors (Lipinski definition) is 2. The van der Waals surface area contributed by atoms with Gasteiger partial charge in [0.25, 0.3) is 0 Å². The monoisotopic (exact) mass is 289 g/mol. The lowest BCUT2D eigenvalue weighted by Crippen LogP contribution is -2.39. The number of imide groups is 1. The van der Waals surface area contributed by atoms with Crippen LogP contribution in [0.3, 0.4) is 0 Å². The average molecular weight is 290 g/mol. The first kappa shape index (κ1) is 13.7. The van der Waals surface area contributed by atoms with Crippen molar-refractivity contribution in [1.29, 1.82) is 0 Å². The third-order valence-corrected chi connectivity index (χ3v) is 3.90. The van der Waals surface area contributed by atoms with Gasteiger partial charge in [-0.25, -0.2) is 0 Å². The largest absolute Gasteiger partial charge is 0.282 e. The third kappa shape index (κ3) is 3.89. The Bertz CT molecular complexity index is 237. The molecule has 1 rings (SSSR count). The quantitative estimate of drug-likeness (QED) is 0.576. The van der Waals surface area contributed by atoms with E-state index in [0.29, 0.717) is 25.3 Å². The molecule has 4 heteroatoms. The van der Waals surface area contributed by atoms with Crippen molar-refractivity contribution in [2.45, 2.75) is 45.4 Å². The van der Waals surface area contributed by atoms with Gasteiger partial charge in [0.1, 0.15) is 0 Å². The minimum absolute atomic E-state index is 0.0181. The molecular weight excluding hydrogens is 270 g/mol. The first-order valence-corrected chi connectivity index (χ1v) is 7.20. The number of rotatable bonds is 5. The summed E-state index contributed by atoms with van der Waals surface area (Å²) in [6.07, 6.45) is 4.93. The highest BCUT2D eigenvalue weighted by molar-refractivity contribution is 9.09. The highest BCUT2D eigenvalue weighted by Gasteiger charge is 2.25. The van der Waals surface area contributed by atoms with Gasteiger partial charge in [-0.1, -0.05) is 29.3 Å². The second-order valence-electron chi connectivity index (χ2n) is 4.41. The van der Waals surface area contributed by atoms with Crippen LogP contribution in [0.5, 0.6) is 0 Å². The zero-order valence-corrected chi connectivity index (χ0v) is 11.5. The van der Waals surface area contributed by atoms with E-state index < -0.39 is 0 Å². The molecule has 0 spiro atoms. The van der Waals surface area contributed by atoms with Crippen molar-refractivity contribution in [3.05, 3.63) is 0 Å². The Balaban J connectivity index is 2.59. The van der Waals surface area contributed by atoms with E-state index in [1.165, 1.54) is 4.90 Å². The lowest BCUT2D eigenvalue weighted by Gasteiger charge is -2.23.